The molecule has 16 heavy (non-hydrogen) atoms. The first kappa shape index (κ1) is 10.4. The first-order valence-electron chi connectivity index (χ1n) is 5.12. The molecule has 1 saturated heterocycles. The van der Waals surface area contributed by atoms with Crippen LogP contribution in [-0.4, -0.2) is 12.8 Å². The van der Waals surface area contributed by atoms with Gasteiger partial charge in [-0.15, -0.1) is 0 Å². The molecular weight excluding hydrogens is 236 g/mol. The molecule has 3 rings (SSSR count). The Kier molecular flexibility index (Phi) is 2.21. The maximum atomic E-state index is 13.4. The van der Waals surface area contributed by atoms with E-state index in [0.29, 0.717) is 5.56 Å². The average molecular weight is 246 g/mol. The molecule has 3 atom stereocenters. The highest BCUT2D eigenvalue weighted by Gasteiger charge is 2.61. The van der Waals surface area contributed by atoms with Crippen molar-refractivity contribution in [2.24, 2.45) is 5.92 Å². The highest BCUT2D eigenvalue weighted by atomic mass is 35.5. The summed E-state index contributed by atoms with van der Waals surface area (Å²) in [5.41, 5.74) is 2.16. The van der Waals surface area contributed by atoms with Crippen LogP contribution in [0.15, 0.2) is 18.2 Å². The largest absolute Gasteiger partial charge is 0.297 e. The molecule has 0 aromatic heterocycles. The van der Waals surface area contributed by atoms with E-state index in [9.17, 15) is 8.78 Å². The van der Waals surface area contributed by atoms with E-state index in [1.54, 1.807) is 6.07 Å². The molecule has 0 amide bonds. The highest BCUT2D eigenvalue weighted by Crippen LogP contribution is 2.54. The third-order valence-corrected chi connectivity index (χ3v) is 3.78. The molecule has 1 aromatic rings. The standard InChI is InChI=1S/C11H10ClF2NO/c12-10-6(2-1-3-8(10)14)11(5-13)7-4-9(7)16-15-11/h1-3,7,9,15H,4-5H2. The molecule has 1 aliphatic carbocycles. The molecule has 1 N–H and O–H groups in total. The van der Waals surface area contributed by atoms with Crippen LogP contribution in [0.1, 0.15) is 12.0 Å². The van der Waals surface area contributed by atoms with E-state index in [4.69, 9.17) is 16.4 Å². The zero-order valence-corrected chi connectivity index (χ0v) is 9.10. The Morgan fingerprint density at radius 3 is 2.94 bits per heavy atom. The lowest BCUT2D eigenvalue weighted by Gasteiger charge is -2.28. The van der Waals surface area contributed by atoms with Gasteiger partial charge in [0.25, 0.3) is 0 Å². The molecule has 86 valence electrons. The van der Waals surface area contributed by atoms with Gasteiger partial charge in [-0.05, 0) is 18.1 Å². The summed E-state index contributed by atoms with van der Waals surface area (Å²) in [6, 6.07) is 4.44. The van der Waals surface area contributed by atoms with Crippen LogP contribution in [0.5, 0.6) is 0 Å². The van der Waals surface area contributed by atoms with Crippen molar-refractivity contribution >= 4 is 11.6 Å². The van der Waals surface area contributed by atoms with Gasteiger partial charge in [-0.2, -0.15) is 5.48 Å². The predicted molar refractivity (Wildman–Crippen MR) is 55.2 cm³/mol. The minimum absolute atomic E-state index is 0.0243. The molecule has 1 saturated carbocycles. The third kappa shape index (κ3) is 1.24. The summed E-state index contributed by atoms with van der Waals surface area (Å²) in [7, 11) is 0. The number of hydrogen-bond donors (Lipinski definition) is 1. The zero-order valence-electron chi connectivity index (χ0n) is 8.34. The second-order valence-electron chi connectivity index (χ2n) is 4.31. The number of fused-ring (bicyclic) bond motifs is 1. The fourth-order valence-electron chi connectivity index (χ4n) is 2.38. The second-order valence-corrected chi connectivity index (χ2v) is 4.68. The van der Waals surface area contributed by atoms with E-state index in [0.717, 1.165) is 6.42 Å². The lowest BCUT2D eigenvalue weighted by atomic mass is 9.87. The van der Waals surface area contributed by atoms with Crippen molar-refractivity contribution in [1.82, 2.24) is 5.48 Å². The van der Waals surface area contributed by atoms with Gasteiger partial charge < -0.3 is 0 Å². The van der Waals surface area contributed by atoms with E-state index in [-0.39, 0.29) is 17.0 Å². The van der Waals surface area contributed by atoms with Crippen LogP contribution in [-0.2, 0) is 10.4 Å². The van der Waals surface area contributed by atoms with Crippen LogP contribution in [0.2, 0.25) is 5.02 Å². The van der Waals surface area contributed by atoms with Crippen molar-refractivity contribution in [2.45, 2.75) is 18.1 Å². The summed E-state index contributed by atoms with van der Waals surface area (Å²) in [4.78, 5) is 5.21. The van der Waals surface area contributed by atoms with Crippen LogP contribution in [0, 0.1) is 11.7 Å². The molecule has 2 fully saturated rings. The zero-order chi connectivity index (χ0) is 11.3. The second kappa shape index (κ2) is 3.39. The maximum Gasteiger partial charge on any atom is 0.142 e. The highest BCUT2D eigenvalue weighted by molar-refractivity contribution is 6.31. The fraction of sp³-hybridized carbons (Fsp3) is 0.455. The van der Waals surface area contributed by atoms with Gasteiger partial charge in [-0.25, -0.2) is 8.78 Å². The van der Waals surface area contributed by atoms with Crippen molar-refractivity contribution in [3.8, 4) is 0 Å². The summed E-state index contributed by atoms with van der Waals surface area (Å²) >= 11 is 5.89. The van der Waals surface area contributed by atoms with E-state index in [1.807, 2.05) is 0 Å². The third-order valence-electron chi connectivity index (χ3n) is 3.40. The number of nitrogens with one attached hydrogen (secondary N) is 1. The fourth-order valence-corrected chi connectivity index (χ4v) is 2.67. The van der Waals surface area contributed by atoms with E-state index >= 15 is 0 Å². The molecule has 2 nitrogen and oxygen atoms in total. The molecule has 0 radical (unpaired) electrons. The normalized spacial score (nSPS) is 36.2. The first-order valence-corrected chi connectivity index (χ1v) is 5.50. The number of hydrogen-bond acceptors (Lipinski definition) is 2. The minimum Gasteiger partial charge on any atom is -0.297 e. The molecule has 0 bridgehead atoms. The Bertz CT molecular complexity index is 442. The molecule has 3 unspecified atom stereocenters. The van der Waals surface area contributed by atoms with E-state index < -0.39 is 18.0 Å². The smallest absolute Gasteiger partial charge is 0.142 e. The average Bonchev–Trinajstić information content (AvgIpc) is 2.99. The number of benzene rings is 1. The van der Waals surface area contributed by atoms with Crippen LogP contribution >= 0.6 is 11.6 Å². The van der Waals surface area contributed by atoms with Gasteiger partial charge in [-0.3, -0.25) is 4.84 Å². The van der Waals surface area contributed by atoms with Gasteiger partial charge >= 0.3 is 0 Å². The topological polar surface area (TPSA) is 21.3 Å². The Hall–Kier alpha value is -0.710. The number of hydroxylamine groups is 1. The van der Waals surface area contributed by atoms with Crippen molar-refractivity contribution in [3.63, 3.8) is 0 Å². The lowest BCUT2D eigenvalue weighted by Crippen LogP contribution is -2.42. The quantitative estimate of drug-likeness (QED) is 0.865. The van der Waals surface area contributed by atoms with Crippen molar-refractivity contribution in [3.05, 3.63) is 34.6 Å². The van der Waals surface area contributed by atoms with Crippen LogP contribution in [0.25, 0.3) is 0 Å². The Balaban J connectivity index is 2.10. The summed E-state index contributed by atoms with van der Waals surface area (Å²) in [5, 5.41) is -0.0243. The lowest BCUT2D eigenvalue weighted by molar-refractivity contribution is 0.00838. The van der Waals surface area contributed by atoms with E-state index in [1.165, 1.54) is 12.1 Å². The van der Waals surface area contributed by atoms with E-state index in [2.05, 4.69) is 5.48 Å². The van der Waals surface area contributed by atoms with Gasteiger partial charge in [0.1, 0.15) is 18.0 Å². The molecule has 1 heterocycles. The molecule has 1 aromatic carbocycles. The Morgan fingerprint density at radius 2 is 2.38 bits per heavy atom. The van der Waals surface area contributed by atoms with Gasteiger partial charge in [0, 0.05) is 5.92 Å². The van der Waals surface area contributed by atoms with Crippen molar-refractivity contribution in [1.29, 1.82) is 0 Å². The van der Waals surface area contributed by atoms with Crippen LogP contribution in [0.4, 0.5) is 8.78 Å². The number of alkyl halides is 1. The number of rotatable bonds is 2. The monoisotopic (exact) mass is 245 g/mol. The summed E-state index contributed by atoms with van der Waals surface area (Å²) < 4.78 is 26.7. The summed E-state index contributed by atoms with van der Waals surface area (Å²) in [6.45, 7) is -0.655. The molecule has 0 spiro atoms. The van der Waals surface area contributed by atoms with Gasteiger partial charge in [0.05, 0.1) is 11.1 Å². The SMILES string of the molecule is FCC1(c2cccc(F)c2Cl)NOC2CC21. The predicted octanol–water partition coefficient (Wildman–Crippen LogP) is 2.57. The maximum absolute atomic E-state index is 13.4. The van der Waals surface area contributed by atoms with Crippen molar-refractivity contribution in [2.75, 3.05) is 6.67 Å². The van der Waals surface area contributed by atoms with Crippen molar-refractivity contribution < 1.29 is 13.6 Å². The molecule has 5 heteroatoms. The molecule has 1 aliphatic heterocycles. The first-order chi connectivity index (χ1) is 7.69. The molecule has 2 aliphatic rings. The van der Waals surface area contributed by atoms with Crippen LogP contribution in [0.3, 0.4) is 0 Å². The van der Waals surface area contributed by atoms with Crippen LogP contribution < -0.4 is 5.48 Å². The van der Waals surface area contributed by atoms with Gasteiger partial charge in [0.2, 0.25) is 0 Å². The minimum atomic E-state index is -0.968. The van der Waals surface area contributed by atoms with Gasteiger partial charge in [-0.1, -0.05) is 23.7 Å². The molecular formula is C11H10ClF2NO. The summed E-state index contributed by atoms with van der Waals surface area (Å²) in [6.07, 6.45) is 0.833. The summed E-state index contributed by atoms with van der Waals surface area (Å²) in [5.74, 6) is -0.477. The Morgan fingerprint density at radius 1 is 1.56 bits per heavy atom. The van der Waals surface area contributed by atoms with Gasteiger partial charge in [0.15, 0.2) is 0 Å². The number of halogens is 3. The Labute approximate surface area is 96.5 Å².